The summed E-state index contributed by atoms with van der Waals surface area (Å²) in [5.74, 6) is 0.345. The second-order valence-corrected chi connectivity index (χ2v) is 7.86. The van der Waals surface area contributed by atoms with Crippen molar-refractivity contribution < 1.29 is 14.0 Å². The number of nitrogens with one attached hydrogen (secondary N) is 1. The number of thioether (sulfide) groups is 1. The maximum absolute atomic E-state index is 14.4. The van der Waals surface area contributed by atoms with Gasteiger partial charge in [0.05, 0.1) is 23.4 Å². The van der Waals surface area contributed by atoms with Crippen LogP contribution in [0.15, 0.2) is 83.8 Å². The van der Waals surface area contributed by atoms with E-state index in [0.717, 1.165) is 4.90 Å². The Hall–Kier alpha value is -3.78. The predicted molar refractivity (Wildman–Crippen MR) is 122 cm³/mol. The number of anilines is 1. The molecule has 1 aromatic heterocycles. The summed E-state index contributed by atoms with van der Waals surface area (Å²) >= 11 is 1.46. The minimum Gasteiger partial charge on any atom is -0.325 e. The smallest absolute Gasteiger partial charge is 0.234 e. The SMILES string of the molecule is O=CCc1nc(-c2ccccc2F)n(-c2ccc(NC(=O)CSc3ccccc3)cc2)n1. The molecule has 6 nitrogen and oxygen atoms in total. The van der Waals surface area contributed by atoms with Crippen LogP contribution in [0.3, 0.4) is 0 Å². The second kappa shape index (κ2) is 10.0. The maximum Gasteiger partial charge on any atom is 0.234 e. The van der Waals surface area contributed by atoms with Crippen LogP contribution >= 0.6 is 11.8 Å². The van der Waals surface area contributed by atoms with E-state index >= 15 is 0 Å². The molecule has 4 aromatic rings. The quantitative estimate of drug-likeness (QED) is 0.318. The lowest BCUT2D eigenvalue weighted by molar-refractivity contribution is -0.113. The van der Waals surface area contributed by atoms with Gasteiger partial charge in [0.1, 0.15) is 12.1 Å². The number of carbonyl (C=O) groups is 2. The number of halogens is 1. The standard InChI is InChI=1S/C24H19FN4O2S/c25-21-9-5-4-8-20(21)24-27-22(14-15-30)28-29(24)18-12-10-17(11-13-18)26-23(31)16-32-19-6-2-1-3-7-19/h1-13,15H,14,16H2,(H,26,31). The molecule has 0 aliphatic rings. The molecule has 8 heteroatoms. The number of amides is 1. The Morgan fingerprint density at radius 3 is 2.44 bits per heavy atom. The fraction of sp³-hybridized carbons (Fsp3) is 0.0833. The van der Waals surface area contributed by atoms with Crippen LogP contribution < -0.4 is 5.32 Å². The first-order valence-corrected chi connectivity index (χ1v) is 10.8. The van der Waals surface area contributed by atoms with Gasteiger partial charge in [0, 0.05) is 10.6 Å². The number of aromatic nitrogens is 3. The summed E-state index contributed by atoms with van der Waals surface area (Å²) in [5.41, 5.74) is 1.55. The van der Waals surface area contributed by atoms with Crippen molar-refractivity contribution in [3.05, 3.63) is 90.5 Å². The van der Waals surface area contributed by atoms with Crippen molar-refractivity contribution in [3.63, 3.8) is 0 Å². The summed E-state index contributed by atoms with van der Waals surface area (Å²) in [4.78, 5) is 28.5. The Labute approximate surface area is 188 Å². The summed E-state index contributed by atoms with van der Waals surface area (Å²) < 4.78 is 15.9. The molecule has 0 fully saturated rings. The van der Waals surface area contributed by atoms with Gasteiger partial charge in [-0.15, -0.1) is 11.8 Å². The Bertz CT molecular complexity index is 1230. The first kappa shape index (κ1) is 21.5. The zero-order valence-corrected chi connectivity index (χ0v) is 17.8. The highest BCUT2D eigenvalue weighted by Gasteiger charge is 2.16. The number of hydrogen-bond acceptors (Lipinski definition) is 5. The molecular weight excluding hydrogens is 427 g/mol. The van der Waals surface area contributed by atoms with Gasteiger partial charge in [-0.25, -0.2) is 14.1 Å². The van der Waals surface area contributed by atoms with E-state index in [9.17, 15) is 14.0 Å². The lowest BCUT2D eigenvalue weighted by atomic mass is 10.2. The second-order valence-electron chi connectivity index (χ2n) is 6.81. The van der Waals surface area contributed by atoms with E-state index in [-0.39, 0.29) is 17.9 Å². The van der Waals surface area contributed by atoms with E-state index < -0.39 is 5.82 Å². The van der Waals surface area contributed by atoms with Crippen LogP contribution in [0.4, 0.5) is 10.1 Å². The fourth-order valence-corrected chi connectivity index (χ4v) is 3.78. The van der Waals surface area contributed by atoms with Gasteiger partial charge in [0.25, 0.3) is 0 Å². The molecule has 0 aliphatic carbocycles. The van der Waals surface area contributed by atoms with E-state index in [0.29, 0.717) is 35.1 Å². The summed E-state index contributed by atoms with van der Waals surface area (Å²) in [7, 11) is 0. The third-order valence-corrected chi connectivity index (χ3v) is 5.55. The highest BCUT2D eigenvalue weighted by Crippen LogP contribution is 2.25. The molecule has 0 bridgehead atoms. The van der Waals surface area contributed by atoms with Crippen LogP contribution in [-0.2, 0) is 16.0 Å². The topological polar surface area (TPSA) is 76.9 Å². The average Bonchev–Trinajstić information content (AvgIpc) is 3.23. The first-order valence-electron chi connectivity index (χ1n) is 9.86. The van der Waals surface area contributed by atoms with Crippen molar-refractivity contribution in [3.8, 4) is 17.1 Å². The van der Waals surface area contributed by atoms with Gasteiger partial charge in [-0.1, -0.05) is 30.3 Å². The zero-order chi connectivity index (χ0) is 22.3. The third-order valence-electron chi connectivity index (χ3n) is 4.54. The van der Waals surface area contributed by atoms with Crippen molar-refractivity contribution in [2.45, 2.75) is 11.3 Å². The largest absolute Gasteiger partial charge is 0.325 e. The molecule has 0 atom stereocenters. The van der Waals surface area contributed by atoms with Gasteiger partial charge in [0.2, 0.25) is 5.91 Å². The Balaban J connectivity index is 1.52. The van der Waals surface area contributed by atoms with Gasteiger partial charge < -0.3 is 10.1 Å². The van der Waals surface area contributed by atoms with E-state index in [4.69, 9.17) is 0 Å². The van der Waals surface area contributed by atoms with Crippen molar-refractivity contribution in [2.24, 2.45) is 0 Å². The first-order chi connectivity index (χ1) is 15.6. The molecule has 32 heavy (non-hydrogen) atoms. The number of benzene rings is 3. The molecule has 4 rings (SSSR count). The Morgan fingerprint density at radius 1 is 1.00 bits per heavy atom. The molecule has 0 unspecified atom stereocenters. The molecule has 1 N–H and O–H groups in total. The van der Waals surface area contributed by atoms with Crippen LogP contribution in [0.5, 0.6) is 0 Å². The average molecular weight is 447 g/mol. The Kier molecular flexibility index (Phi) is 6.72. The summed E-state index contributed by atoms with van der Waals surface area (Å²) in [6.07, 6.45) is 0.735. The van der Waals surface area contributed by atoms with Crippen LogP contribution in [0.25, 0.3) is 17.1 Å². The van der Waals surface area contributed by atoms with Crippen LogP contribution in [0.1, 0.15) is 5.82 Å². The number of nitrogens with zero attached hydrogens (tertiary/aromatic N) is 3. The van der Waals surface area contributed by atoms with Gasteiger partial charge in [0.15, 0.2) is 11.6 Å². The van der Waals surface area contributed by atoms with Crippen molar-refractivity contribution in [1.82, 2.24) is 14.8 Å². The lowest BCUT2D eigenvalue weighted by Gasteiger charge is -2.09. The van der Waals surface area contributed by atoms with E-state index in [2.05, 4.69) is 15.4 Å². The van der Waals surface area contributed by atoms with Gasteiger partial charge >= 0.3 is 0 Å². The van der Waals surface area contributed by atoms with Crippen LogP contribution in [0, 0.1) is 5.82 Å². The lowest BCUT2D eigenvalue weighted by Crippen LogP contribution is -2.14. The van der Waals surface area contributed by atoms with Crippen LogP contribution in [-0.4, -0.2) is 32.7 Å². The summed E-state index contributed by atoms with van der Waals surface area (Å²) in [6.45, 7) is 0. The number of rotatable bonds is 8. The van der Waals surface area contributed by atoms with E-state index in [1.54, 1.807) is 42.5 Å². The van der Waals surface area contributed by atoms with Crippen molar-refractivity contribution in [1.29, 1.82) is 0 Å². The molecule has 160 valence electrons. The molecule has 0 saturated carbocycles. The van der Waals surface area contributed by atoms with Gasteiger partial charge in [-0.3, -0.25) is 4.79 Å². The third kappa shape index (κ3) is 5.09. The van der Waals surface area contributed by atoms with Gasteiger partial charge in [-0.05, 0) is 48.5 Å². The molecule has 1 heterocycles. The number of hydrogen-bond donors (Lipinski definition) is 1. The Morgan fingerprint density at radius 2 is 1.72 bits per heavy atom. The fourth-order valence-electron chi connectivity index (χ4n) is 3.06. The molecule has 1 amide bonds. The summed E-state index contributed by atoms with van der Waals surface area (Å²) in [6, 6.07) is 23.0. The molecule has 3 aromatic carbocycles. The zero-order valence-electron chi connectivity index (χ0n) is 16.9. The molecule has 0 spiro atoms. The molecule has 0 radical (unpaired) electrons. The number of carbonyl (C=O) groups excluding carboxylic acids is 2. The monoisotopic (exact) mass is 446 g/mol. The predicted octanol–water partition coefficient (Wildman–Crippen LogP) is 4.55. The minimum absolute atomic E-state index is 0.0294. The van der Waals surface area contributed by atoms with Crippen molar-refractivity contribution >= 4 is 29.6 Å². The molecule has 0 saturated heterocycles. The minimum atomic E-state index is -0.432. The normalized spacial score (nSPS) is 10.7. The number of aldehydes is 1. The highest BCUT2D eigenvalue weighted by molar-refractivity contribution is 8.00. The van der Waals surface area contributed by atoms with E-state index in [1.807, 2.05) is 30.3 Å². The molecular formula is C24H19FN4O2S. The molecule has 0 aliphatic heterocycles. The van der Waals surface area contributed by atoms with Crippen LogP contribution in [0.2, 0.25) is 0 Å². The summed E-state index contributed by atoms with van der Waals surface area (Å²) in [5, 5.41) is 7.22. The maximum atomic E-state index is 14.4. The van der Waals surface area contributed by atoms with Crippen molar-refractivity contribution in [2.75, 3.05) is 11.1 Å². The highest BCUT2D eigenvalue weighted by atomic mass is 32.2. The van der Waals surface area contributed by atoms with E-state index in [1.165, 1.54) is 22.5 Å². The van der Waals surface area contributed by atoms with Gasteiger partial charge in [-0.2, -0.15) is 5.10 Å².